The van der Waals surface area contributed by atoms with Crippen molar-refractivity contribution in [2.75, 3.05) is 0 Å². The van der Waals surface area contributed by atoms with Crippen molar-refractivity contribution in [3.63, 3.8) is 0 Å². The molecule has 0 atom stereocenters. The summed E-state index contributed by atoms with van der Waals surface area (Å²) in [6.07, 6.45) is 2.61. The normalized spacial score (nSPS) is 10.5. The lowest BCUT2D eigenvalue weighted by molar-refractivity contribution is -0.139. The number of rotatable bonds is 5. The molecule has 0 bridgehead atoms. The van der Waals surface area contributed by atoms with Crippen LogP contribution in [0.5, 0.6) is 0 Å². The summed E-state index contributed by atoms with van der Waals surface area (Å²) in [5.41, 5.74) is 0.625. The second-order valence-corrected chi connectivity index (χ2v) is 3.32. The number of imidazole rings is 1. The second-order valence-electron chi connectivity index (χ2n) is 3.32. The monoisotopic (exact) mass is 212 g/mol. The Morgan fingerprint density at radius 1 is 1.40 bits per heavy atom. The van der Waals surface area contributed by atoms with Gasteiger partial charge in [-0.1, -0.05) is 0 Å². The molecule has 0 saturated heterocycles. The third-order valence-corrected chi connectivity index (χ3v) is 2.11. The lowest BCUT2D eigenvalue weighted by atomic mass is 9.98. The Bertz CT molecular complexity index is 356. The molecule has 1 heterocycles. The van der Waals surface area contributed by atoms with Gasteiger partial charge in [-0.15, -0.1) is 0 Å². The maximum absolute atomic E-state index is 10.6. The zero-order chi connectivity index (χ0) is 11.4. The molecule has 15 heavy (non-hydrogen) atoms. The third-order valence-electron chi connectivity index (χ3n) is 2.11. The minimum absolute atomic E-state index is 0.203. The highest BCUT2D eigenvalue weighted by molar-refractivity contribution is 5.72. The van der Waals surface area contributed by atoms with Gasteiger partial charge in [0.1, 0.15) is 0 Å². The van der Waals surface area contributed by atoms with Crippen LogP contribution in [0.1, 0.15) is 24.5 Å². The first kappa shape index (κ1) is 11.2. The summed E-state index contributed by atoms with van der Waals surface area (Å²) in [4.78, 5) is 25.0. The lowest BCUT2D eigenvalue weighted by Crippen LogP contribution is -2.13. The molecule has 0 aliphatic carbocycles. The molecule has 2 N–H and O–H groups in total. The van der Waals surface area contributed by atoms with Gasteiger partial charge < -0.3 is 14.8 Å². The number of carboxylic acid groups (broad SMARTS) is 2. The fourth-order valence-corrected chi connectivity index (χ4v) is 1.46. The Balaban J connectivity index is 2.85. The van der Waals surface area contributed by atoms with Gasteiger partial charge >= 0.3 is 11.9 Å². The van der Waals surface area contributed by atoms with E-state index in [-0.39, 0.29) is 12.8 Å². The van der Waals surface area contributed by atoms with E-state index in [1.807, 2.05) is 0 Å². The minimum atomic E-state index is -1.01. The van der Waals surface area contributed by atoms with Crippen LogP contribution in [0.25, 0.3) is 0 Å². The fraction of sp³-hybridized carbons (Fsp3) is 0.444. The zero-order valence-electron chi connectivity index (χ0n) is 8.25. The van der Waals surface area contributed by atoms with Crippen LogP contribution in [0.3, 0.4) is 0 Å². The summed E-state index contributed by atoms with van der Waals surface area (Å²) in [5.74, 6) is -2.56. The molecule has 1 aromatic heterocycles. The molecule has 0 amide bonds. The van der Waals surface area contributed by atoms with Crippen molar-refractivity contribution in [3.8, 4) is 0 Å². The zero-order valence-corrected chi connectivity index (χ0v) is 8.25. The minimum Gasteiger partial charge on any atom is -0.481 e. The predicted molar refractivity (Wildman–Crippen MR) is 50.5 cm³/mol. The maximum atomic E-state index is 10.6. The second kappa shape index (κ2) is 4.59. The quantitative estimate of drug-likeness (QED) is 0.739. The number of hydrogen-bond acceptors (Lipinski definition) is 3. The van der Waals surface area contributed by atoms with E-state index in [4.69, 9.17) is 10.2 Å². The van der Waals surface area contributed by atoms with Gasteiger partial charge in [0.25, 0.3) is 0 Å². The standard InChI is InChI=1S/C9H12N2O4/c1-11-5-10-4-7(11)6(2-8(12)13)3-9(14)15/h4-6H,2-3H2,1H3,(H,12,13)(H,14,15). The summed E-state index contributed by atoms with van der Waals surface area (Å²) in [6, 6.07) is 0. The number of aromatic nitrogens is 2. The van der Waals surface area contributed by atoms with Crippen LogP contribution in [-0.2, 0) is 16.6 Å². The molecule has 0 unspecified atom stereocenters. The molecule has 1 rings (SSSR count). The largest absolute Gasteiger partial charge is 0.481 e. The van der Waals surface area contributed by atoms with E-state index in [2.05, 4.69) is 4.98 Å². The van der Waals surface area contributed by atoms with Crippen molar-refractivity contribution in [2.45, 2.75) is 18.8 Å². The van der Waals surface area contributed by atoms with E-state index in [0.717, 1.165) is 0 Å². The molecule has 1 aromatic rings. The third kappa shape index (κ3) is 3.08. The molecular formula is C9H12N2O4. The molecule has 0 radical (unpaired) electrons. The van der Waals surface area contributed by atoms with Crippen LogP contribution >= 0.6 is 0 Å². The highest BCUT2D eigenvalue weighted by Crippen LogP contribution is 2.22. The van der Waals surface area contributed by atoms with Crippen LogP contribution in [0.4, 0.5) is 0 Å². The van der Waals surface area contributed by atoms with Gasteiger partial charge in [0.2, 0.25) is 0 Å². The smallest absolute Gasteiger partial charge is 0.304 e. The Hall–Kier alpha value is -1.85. The summed E-state index contributed by atoms with van der Waals surface area (Å²) < 4.78 is 1.64. The number of aryl methyl sites for hydroxylation is 1. The van der Waals surface area contributed by atoms with E-state index in [0.29, 0.717) is 5.69 Å². The molecule has 0 aliphatic rings. The van der Waals surface area contributed by atoms with Crippen molar-refractivity contribution in [1.82, 2.24) is 9.55 Å². The lowest BCUT2D eigenvalue weighted by Gasteiger charge is -2.12. The van der Waals surface area contributed by atoms with E-state index in [1.165, 1.54) is 12.5 Å². The molecule has 0 aliphatic heterocycles. The van der Waals surface area contributed by atoms with Gasteiger partial charge in [-0.25, -0.2) is 4.98 Å². The highest BCUT2D eigenvalue weighted by Gasteiger charge is 2.21. The predicted octanol–water partition coefficient (Wildman–Crippen LogP) is 0.453. The number of aliphatic carboxylic acids is 2. The number of nitrogens with zero attached hydrogens (tertiary/aromatic N) is 2. The summed E-state index contributed by atoms with van der Waals surface area (Å²) in [7, 11) is 1.71. The van der Waals surface area contributed by atoms with Crippen LogP contribution in [0, 0.1) is 0 Å². The summed E-state index contributed by atoms with van der Waals surface area (Å²) in [6.45, 7) is 0. The molecule has 0 aromatic carbocycles. The fourth-order valence-electron chi connectivity index (χ4n) is 1.46. The molecular weight excluding hydrogens is 200 g/mol. The number of carboxylic acids is 2. The van der Waals surface area contributed by atoms with E-state index in [1.54, 1.807) is 11.6 Å². The SMILES string of the molecule is Cn1cncc1C(CC(=O)O)CC(=O)O. The van der Waals surface area contributed by atoms with Gasteiger partial charge in [0, 0.05) is 24.9 Å². The van der Waals surface area contributed by atoms with Crippen molar-refractivity contribution in [3.05, 3.63) is 18.2 Å². The van der Waals surface area contributed by atoms with Crippen molar-refractivity contribution in [2.24, 2.45) is 7.05 Å². The number of hydrogen-bond donors (Lipinski definition) is 2. The van der Waals surface area contributed by atoms with Crippen LogP contribution in [0.2, 0.25) is 0 Å². The topological polar surface area (TPSA) is 92.4 Å². The van der Waals surface area contributed by atoms with Crippen LogP contribution < -0.4 is 0 Å². The Morgan fingerprint density at radius 2 is 1.93 bits per heavy atom. The molecule has 0 fully saturated rings. The van der Waals surface area contributed by atoms with Gasteiger partial charge in [-0.05, 0) is 0 Å². The first-order valence-electron chi connectivity index (χ1n) is 4.40. The van der Waals surface area contributed by atoms with Gasteiger partial charge in [0.05, 0.1) is 19.2 Å². The molecule has 0 saturated carbocycles. The molecule has 82 valence electrons. The Morgan fingerprint density at radius 3 is 2.27 bits per heavy atom. The van der Waals surface area contributed by atoms with E-state index in [9.17, 15) is 9.59 Å². The first-order valence-corrected chi connectivity index (χ1v) is 4.40. The molecule has 0 spiro atoms. The average molecular weight is 212 g/mol. The van der Waals surface area contributed by atoms with Crippen molar-refractivity contribution < 1.29 is 19.8 Å². The van der Waals surface area contributed by atoms with Gasteiger partial charge in [-0.3, -0.25) is 9.59 Å². The molecule has 6 nitrogen and oxygen atoms in total. The average Bonchev–Trinajstić information content (AvgIpc) is 2.48. The summed E-state index contributed by atoms with van der Waals surface area (Å²) in [5, 5.41) is 17.3. The number of carbonyl (C=O) groups is 2. The van der Waals surface area contributed by atoms with E-state index < -0.39 is 17.9 Å². The van der Waals surface area contributed by atoms with Gasteiger partial charge in [0.15, 0.2) is 0 Å². The van der Waals surface area contributed by atoms with Crippen molar-refractivity contribution in [1.29, 1.82) is 0 Å². The van der Waals surface area contributed by atoms with Crippen molar-refractivity contribution >= 4 is 11.9 Å². The Labute approximate surface area is 86.2 Å². The highest BCUT2D eigenvalue weighted by atomic mass is 16.4. The Kier molecular flexibility index (Phi) is 3.43. The summed E-state index contributed by atoms with van der Waals surface area (Å²) >= 11 is 0. The first-order chi connectivity index (χ1) is 7.00. The van der Waals surface area contributed by atoms with E-state index >= 15 is 0 Å². The van der Waals surface area contributed by atoms with Crippen LogP contribution in [0.15, 0.2) is 12.5 Å². The maximum Gasteiger partial charge on any atom is 0.304 e. The van der Waals surface area contributed by atoms with Crippen LogP contribution in [-0.4, -0.2) is 31.7 Å². The van der Waals surface area contributed by atoms with Gasteiger partial charge in [-0.2, -0.15) is 0 Å². The molecule has 6 heteroatoms.